The Bertz CT molecular complexity index is 1230. The molecule has 1 fully saturated rings. The molecule has 0 radical (unpaired) electrons. The monoisotopic (exact) mass is 465 g/mol. The summed E-state index contributed by atoms with van der Waals surface area (Å²) >= 11 is 7.41. The molecule has 10 heteroatoms. The number of nitrogens with zero attached hydrogens (tertiary/aromatic N) is 7. The van der Waals surface area contributed by atoms with Crippen LogP contribution in [0.1, 0.15) is 15.4 Å². The van der Waals surface area contributed by atoms with E-state index in [0.29, 0.717) is 42.0 Å². The van der Waals surface area contributed by atoms with Crippen LogP contribution < -0.4 is 4.90 Å². The van der Waals surface area contributed by atoms with Gasteiger partial charge in [0.15, 0.2) is 0 Å². The predicted molar refractivity (Wildman–Crippen MR) is 125 cm³/mol. The Morgan fingerprint density at radius 1 is 1.00 bits per heavy atom. The molecule has 0 bridgehead atoms. The zero-order chi connectivity index (χ0) is 22.1. The number of halogens is 1. The van der Waals surface area contributed by atoms with Gasteiger partial charge in [-0.1, -0.05) is 47.0 Å². The number of thiazole rings is 1. The Hall–Kier alpha value is -3.30. The first-order valence-corrected chi connectivity index (χ1v) is 11.4. The van der Waals surface area contributed by atoms with Crippen molar-refractivity contribution >= 4 is 34.8 Å². The normalized spacial score (nSPS) is 14.1. The number of anilines is 1. The molecule has 0 spiro atoms. The van der Waals surface area contributed by atoms with Gasteiger partial charge in [-0.2, -0.15) is 4.68 Å². The zero-order valence-corrected chi connectivity index (χ0v) is 18.9. The molecule has 8 nitrogen and oxygen atoms in total. The van der Waals surface area contributed by atoms with Crippen molar-refractivity contribution in [3.8, 4) is 16.3 Å². The number of aromatic nitrogens is 5. The Balaban J connectivity index is 1.29. The largest absolute Gasteiger partial charge is 0.336 e. The minimum Gasteiger partial charge on any atom is -0.336 e. The quantitative estimate of drug-likeness (QED) is 0.457. The Morgan fingerprint density at radius 3 is 2.44 bits per heavy atom. The van der Waals surface area contributed by atoms with Gasteiger partial charge in [0.25, 0.3) is 5.91 Å². The Morgan fingerprint density at radius 2 is 1.72 bits per heavy atom. The molecular formula is C22H20ClN7OS. The third-order valence-electron chi connectivity index (χ3n) is 5.39. The number of benzene rings is 2. The van der Waals surface area contributed by atoms with Crippen molar-refractivity contribution in [1.82, 2.24) is 30.1 Å². The van der Waals surface area contributed by atoms with E-state index in [1.165, 1.54) is 11.3 Å². The zero-order valence-electron chi connectivity index (χ0n) is 17.3. The lowest BCUT2D eigenvalue weighted by Crippen LogP contribution is -2.49. The first-order valence-electron chi connectivity index (χ1n) is 10.2. The second kappa shape index (κ2) is 8.68. The summed E-state index contributed by atoms with van der Waals surface area (Å²) in [5, 5.41) is 13.7. The van der Waals surface area contributed by atoms with Crippen LogP contribution in [-0.2, 0) is 0 Å². The van der Waals surface area contributed by atoms with Crippen molar-refractivity contribution in [2.24, 2.45) is 0 Å². The molecule has 0 aliphatic carbocycles. The van der Waals surface area contributed by atoms with E-state index >= 15 is 0 Å². The van der Waals surface area contributed by atoms with Crippen molar-refractivity contribution < 1.29 is 4.79 Å². The van der Waals surface area contributed by atoms with Crippen LogP contribution in [0.4, 0.5) is 5.95 Å². The van der Waals surface area contributed by atoms with Crippen molar-refractivity contribution in [3.05, 3.63) is 70.2 Å². The van der Waals surface area contributed by atoms with E-state index in [0.717, 1.165) is 22.0 Å². The summed E-state index contributed by atoms with van der Waals surface area (Å²) < 4.78 is 1.73. The highest BCUT2D eigenvalue weighted by molar-refractivity contribution is 7.17. The summed E-state index contributed by atoms with van der Waals surface area (Å²) in [6.07, 6.45) is 0. The summed E-state index contributed by atoms with van der Waals surface area (Å²) in [6.45, 7) is 4.37. The van der Waals surface area contributed by atoms with Crippen molar-refractivity contribution in [2.45, 2.75) is 6.92 Å². The molecule has 162 valence electrons. The fraction of sp³-hybridized carbons (Fsp3) is 0.227. The van der Waals surface area contributed by atoms with Gasteiger partial charge in [-0.25, -0.2) is 4.98 Å². The lowest BCUT2D eigenvalue weighted by molar-refractivity contribution is 0.0750. The molecule has 3 heterocycles. The summed E-state index contributed by atoms with van der Waals surface area (Å²) in [6, 6.07) is 17.3. The fourth-order valence-electron chi connectivity index (χ4n) is 3.68. The van der Waals surface area contributed by atoms with E-state index < -0.39 is 0 Å². The molecule has 32 heavy (non-hydrogen) atoms. The highest BCUT2D eigenvalue weighted by atomic mass is 35.5. The highest BCUT2D eigenvalue weighted by Gasteiger charge is 2.28. The minimum atomic E-state index is 0.0162. The first kappa shape index (κ1) is 20.6. The standard InChI is InChI=1S/C22H20ClN7OS/c1-15-19(32-20(24-15)16-7-9-17(23)10-8-16)21(31)28-11-13-29(14-12-28)22-25-26-27-30(22)18-5-3-2-4-6-18/h2-10H,11-14H2,1H3. The average molecular weight is 466 g/mol. The lowest BCUT2D eigenvalue weighted by atomic mass is 10.2. The number of aryl methyl sites for hydroxylation is 1. The molecule has 2 aromatic heterocycles. The molecule has 5 rings (SSSR count). The van der Waals surface area contributed by atoms with Crippen molar-refractivity contribution in [1.29, 1.82) is 0 Å². The van der Waals surface area contributed by atoms with Gasteiger partial charge in [-0.15, -0.1) is 11.3 Å². The Labute approximate surface area is 194 Å². The number of tetrazole rings is 1. The number of carbonyl (C=O) groups is 1. The fourth-order valence-corrected chi connectivity index (χ4v) is 4.85. The number of carbonyl (C=O) groups excluding carboxylic acids is 1. The van der Waals surface area contributed by atoms with Crippen LogP contribution in [0.5, 0.6) is 0 Å². The van der Waals surface area contributed by atoms with Gasteiger partial charge < -0.3 is 9.80 Å². The molecule has 2 aromatic carbocycles. The van der Waals surface area contributed by atoms with Gasteiger partial charge >= 0.3 is 0 Å². The van der Waals surface area contributed by atoms with Crippen LogP contribution in [0.25, 0.3) is 16.3 Å². The Kier molecular flexibility index (Phi) is 5.59. The van der Waals surface area contributed by atoms with Crippen molar-refractivity contribution in [3.63, 3.8) is 0 Å². The number of para-hydroxylation sites is 1. The van der Waals surface area contributed by atoms with Crippen LogP contribution in [0.15, 0.2) is 54.6 Å². The second-order valence-corrected chi connectivity index (χ2v) is 8.88. The molecule has 0 atom stereocenters. The molecule has 0 unspecified atom stereocenters. The molecular weight excluding hydrogens is 446 g/mol. The number of amides is 1. The highest BCUT2D eigenvalue weighted by Crippen LogP contribution is 2.30. The van der Waals surface area contributed by atoms with E-state index in [4.69, 9.17) is 11.6 Å². The molecule has 1 amide bonds. The van der Waals surface area contributed by atoms with Crippen LogP contribution in [0.3, 0.4) is 0 Å². The average Bonchev–Trinajstić information content (AvgIpc) is 3.47. The summed E-state index contributed by atoms with van der Waals surface area (Å²) in [5.41, 5.74) is 2.61. The van der Waals surface area contributed by atoms with Crippen LogP contribution in [-0.4, -0.2) is 62.2 Å². The molecule has 1 aliphatic heterocycles. The number of rotatable bonds is 4. The number of hydrogen-bond acceptors (Lipinski definition) is 7. The van der Waals surface area contributed by atoms with Crippen LogP contribution in [0.2, 0.25) is 5.02 Å². The summed E-state index contributed by atoms with van der Waals surface area (Å²) in [5.74, 6) is 0.699. The van der Waals surface area contributed by atoms with Gasteiger partial charge in [-0.3, -0.25) is 4.79 Å². The topological polar surface area (TPSA) is 80.0 Å². The maximum atomic E-state index is 13.2. The predicted octanol–water partition coefficient (Wildman–Crippen LogP) is 3.71. The third-order valence-corrected chi connectivity index (χ3v) is 6.83. The lowest BCUT2D eigenvalue weighted by Gasteiger charge is -2.34. The summed E-state index contributed by atoms with van der Waals surface area (Å²) in [7, 11) is 0. The van der Waals surface area contributed by atoms with Gasteiger partial charge in [-0.05, 0) is 41.6 Å². The van der Waals surface area contributed by atoms with Crippen LogP contribution in [0, 0.1) is 6.92 Å². The SMILES string of the molecule is Cc1nc(-c2ccc(Cl)cc2)sc1C(=O)N1CCN(c2nnnn2-c2ccccc2)CC1. The second-order valence-electron chi connectivity index (χ2n) is 7.45. The number of piperazine rings is 1. The molecule has 0 saturated carbocycles. The molecule has 4 aromatic rings. The van der Waals surface area contributed by atoms with E-state index in [1.807, 2.05) is 66.4 Å². The maximum Gasteiger partial charge on any atom is 0.265 e. The van der Waals surface area contributed by atoms with Crippen LogP contribution >= 0.6 is 22.9 Å². The van der Waals surface area contributed by atoms with Gasteiger partial charge in [0.05, 0.1) is 11.4 Å². The molecule has 0 N–H and O–H groups in total. The van der Waals surface area contributed by atoms with E-state index in [9.17, 15) is 4.79 Å². The minimum absolute atomic E-state index is 0.0162. The van der Waals surface area contributed by atoms with E-state index in [-0.39, 0.29) is 5.91 Å². The smallest absolute Gasteiger partial charge is 0.265 e. The van der Waals surface area contributed by atoms with Crippen molar-refractivity contribution in [2.75, 3.05) is 31.1 Å². The first-order chi connectivity index (χ1) is 15.6. The maximum absolute atomic E-state index is 13.2. The third kappa shape index (κ3) is 3.96. The van der Waals surface area contributed by atoms with E-state index in [1.54, 1.807) is 4.68 Å². The van der Waals surface area contributed by atoms with Gasteiger partial charge in [0.2, 0.25) is 5.95 Å². The summed E-state index contributed by atoms with van der Waals surface area (Å²) in [4.78, 5) is 22.5. The van der Waals surface area contributed by atoms with E-state index in [2.05, 4.69) is 25.4 Å². The van der Waals surface area contributed by atoms with Gasteiger partial charge in [0.1, 0.15) is 9.88 Å². The number of hydrogen-bond donors (Lipinski definition) is 0. The molecule has 1 saturated heterocycles. The molecule has 1 aliphatic rings. The van der Waals surface area contributed by atoms with Gasteiger partial charge in [0, 0.05) is 36.8 Å².